The van der Waals surface area contributed by atoms with Gasteiger partial charge in [-0.05, 0) is 30.5 Å². The average Bonchev–Trinajstić information content (AvgIpc) is 2.39. The number of ether oxygens (including phenoxy) is 3. The number of rotatable bonds is 1. The molecule has 1 unspecified atom stereocenters. The number of aliphatic hydroxyl groups is 1. The highest BCUT2D eigenvalue weighted by molar-refractivity contribution is 5.45. The lowest BCUT2D eigenvalue weighted by Crippen LogP contribution is -2.35. The van der Waals surface area contributed by atoms with E-state index in [9.17, 15) is 5.11 Å². The summed E-state index contributed by atoms with van der Waals surface area (Å²) in [4.78, 5) is 0. The van der Waals surface area contributed by atoms with E-state index in [0.29, 0.717) is 25.6 Å². The molecule has 3 rings (SSSR count). The predicted octanol–water partition coefficient (Wildman–Crippen LogP) is 1.46. The third-order valence-electron chi connectivity index (χ3n) is 3.30. The van der Waals surface area contributed by atoms with Gasteiger partial charge in [0, 0.05) is 6.61 Å². The first-order chi connectivity index (χ1) is 8.28. The summed E-state index contributed by atoms with van der Waals surface area (Å²) in [6.07, 6.45) is 1.61. The van der Waals surface area contributed by atoms with Crippen LogP contribution < -0.4 is 9.47 Å². The van der Waals surface area contributed by atoms with Crippen LogP contribution in [0.25, 0.3) is 0 Å². The van der Waals surface area contributed by atoms with Crippen molar-refractivity contribution in [3.63, 3.8) is 0 Å². The molecule has 2 aliphatic rings. The lowest BCUT2D eigenvalue weighted by molar-refractivity contribution is -0.0904. The maximum atomic E-state index is 10.5. The van der Waals surface area contributed by atoms with Crippen LogP contribution in [-0.2, 0) is 10.3 Å². The molecular formula is C13H16O4. The zero-order valence-electron chi connectivity index (χ0n) is 9.65. The summed E-state index contributed by atoms with van der Waals surface area (Å²) in [6, 6.07) is 5.61. The summed E-state index contributed by atoms with van der Waals surface area (Å²) in [5, 5.41) is 10.5. The summed E-state index contributed by atoms with van der Waals surface area (Å²) in [5.74, 6) is 1.47. The van der Waals surface area contributed by atoms with Gasteiger partial charge in [-0.3, -0.25) is 0 Å². The van der Waals surface area contributed by atoms with E-state index in [4.69, 9.17) is 14.2 Å². The summed E-state index contributed by atoms with van der Waals surface area (Å²) in [7, 11) is 0. The highest BCUT2D eigenvalue weighted by Crippen LogP contribution is 2.37. The normalized spacial score (nSPS) is 27.8. The van der Waals surface area contributed by atoms with Gasteiger partial charge in [0.2, 0.25) is 0 Å². The Labute approximate surface area is 100 Å². The Bertz CT molecular complexity index is 410. The molecule has 2 aliphatic heterocycles. The first kappa shape index (κ1) is 10.9. The highest BCUT2D eigenvalue weighted by atomic mass is 16.6. The van der Waals surface area contributed by atoms with Crippen molar-refractivity contribution >= 4 is 0 Å². The molecule has 1 aromatic carbocycles. The van der Waals surface area contributed by atoms with Gasteiger partial charge in [0.25, 0.3) is 0 Å². The van der Waals surface area contributed by atoms with Gasteiger partial charge in [0.1, 0.15) is 18.8 Å². The molecule has 0 aromatic heterocycles. The smallest absolute Gasteiger partial charge is 0.161 e. The second kappa shape index (κ2) is 4.20. The van der Waals surface area contributed by atoms with Crippen LogP contribution in [0.4, 0.5) is 0 Å². The molecule has 1 N–H and O–H groups in total. The Balaban J connectivity index is 1.92. The van der Waals surface area contributed by atoms with Crippen LogP contribution in [0.1, 0.15) is 18.4 Å². The van der Waals surface area contributed by atoms with Gasteiger partial charge in [0.05, 0.1) is 6.61 Å². The fraction of sp³-hybridized carbons (Fsp3) is 0.538. The molecule has 1 atom stereocenters. The Hall–Kier alpha value is -1.26. The monoisotopic (exact) mass is 236 g/mol. The average molecular weight is 236 g/mol. The fourth-order valence-electron chi connectivity index (χ4n) is 2.34. The molecule has 0 saturated carbocycles. The lowest BCUT2D eigenvalue weighted by atomic mass is 9.88. The number of hydrogen-bond donors (Lipinski definition) is 1. The topological polar surface area (TPSA) is 47.9 Å². The van der Waals surface area contributed by atoms with Crippen molar-refractivity contribution in [1.29, 1.82) is 0 Å². The summed E-state index contributed by atoms with van der Waals surface area (Å²) < 4.78 is 16.3. The Morgan fingerprint density at radius 3 is 2.65 bits per heavy atom. The van der Waals surface area contributed by atoms with Gasteiger partial charge in [-0.2, -0.15) is 0 Å². The first-order valence-electron chi connectivity index (χ1n) is 5.98. The zero-order valence-corrected chi connectivity index (χ0v) is 9.65. The van der Waals surface area contributed by atoms with Gasteiger partial charge < -0.3 is 19.3 Å². The van der Waals surface area contributed by atoms with Crippen molar-refractivity contribution < 1.29 is 19.3 Å². The third-order valence-corrected chi connectivity index (χ3v) is 3.30. The lowest BCUT2D eigenvalue weighted by Gasteiger charge is -2.33. The maximum Gasteiger partial charge on any atom is 0.161 e. The second-order valence-corrected chi connectivity index (χ2v) is 4.55. The summed E-state index contributed by atoms with van der Waals surface area (Å²) >= 11 is 0. The van der Waals surface area contributed by atoms with Crippen molar-refractivity contribution in [3.05, 3.63) is 23.8 Å². The maximum absolute atomic E-state index is 10.5. The molecule has 0 radical (unpaired) electrons. The van der Waals surface area contributed by atoms with E-state index < -0.39 is 5.60 Å². The Kier molecular flexibility index (Phi) is 2.68. The van der Waals surface area contributed by atoms with E-state index in [1.54, 1.807) is 0 Å². The van der Waals surface area contributed by atoms with Crippen LogP contribution in [0, 0.1) is 0 Å². The van der Waals surface area contributed by atoms with Gasteiger partial charge in [0.15, 0.2) is 11.5 Å². The predicted molar refractivity (Wildman–Crippen MR) is 61.4 cm³/mol. The molecule has 92 valence electrons. The van der Waals surface area contributed by atoms with Gasteiger partial charge >= 0.3 is 0 Å². The zero-order chi connectivity index (χ0) is 11.7. The van der Waals surface area contributed by atoms with Crippen LogP contribution in [0.2, 0.25) is 0 Å². The van der Waals surface area contributed by atoms with Crippen molar-refractivity contribution in [2.45, 2.75) is 18.4 Å². The molecule has 0 amide bonds. The SMILES string of the molecule is OC1(c2ccc3c(c2)OCCO3)CCCOC1. The van der Waals surface area contributed by atoms with E-state index in [1.165, 1.54) is 0 Å². The van der Waals surface area contributed by atoms with Crippen molar-refractivity contribution in [3.8, 4) is 11.5 Å². The summed E-state index contributed by atoms with van der Waals surface area (Å²) in [6.45, 7) is 2.23. The molecule has 1 saturated heterocycles. The number of benzene rings is 1. The summed E-state index contributed by atoms with van der Waals surface area (Å²) in [5.41, 5.74) is -0.0323. The minimum Gasteiger partial charge on any atom is -0.486 e. The van der Waals surface area contributed by atoms with Gasteiger partial charge in [-0.15, -0.1) is 0 Å². The van der Waals surface area contributed by atoms with E-state index >= 15 is 0 Å². The fourth-order valence-corrected chi connectivity index (χ4v) is 2.34. The third kappa shape index (κ3) is 1.98. The minimum absolute atomic E-state index is 0.354. The molecule has 2 heterocycles. The second-order valence-electron chi connectivity index (χ2n) is 4.55. The Morgan fingerprint density at radius 1 is 1.06 bits per heavy atom. The minimum atomic E-state index is -0.881. The number of fused-ring (bicyclic) bond motifs is 1. The van der Waals surface area contributed by atoms with Crippen LogP contribution in [0.15, 0.2) is 18.2 Å². The molecule has 0 bridgehead atoms. The van der Waals surface area contributed by atoms with Gasteiger partial charge in [-0.1, -0.05) is 6.07 Å². The van der Waals surface area contributed by atoms with Gasteiger partial charge in [-0.25, -0.2) is 0 Å². The van der Waals surface area contributed by atoms with Crippen LogP contribution >= 0.6 is 0 Å². The molecule has 1 aromatic rings. The molecule has 1 fully saturated rings. The molecule has 0 spiro atoms. The molecular weight excluding hydrogens is 220 g/mol. The number of hydrogen-bond acceptors (Lipinski definition) is 4. The van der Waals surface area contributed by atoms with Crippen molar-refractivity contribution in [2.75, 3.05) is 26.4 Å². The highest BCUT2D eigenvalue weighted by Gasteiger charge is 2.33. The quantitative estimate of drug-likeness (QED) is 0.802. The molecule has 17 heavy (non-hydrogen) atoms. The first-order valence-corrected chi connectivity index (χ1v) is 5.98. The molecule has 4 nitrogen and oxygen atoms in total. The molecule has 0 aliphatic carbocycles. The van der Waals surface area contributed by atoms with E-state index in [-0.39, 0.29) is 0 Å². The molecule has 4 heteroatoms. The standard InChI is InChI=1S/C13H16O4/c14-13(4-1-5-15-9-13)10-2-3-11-12(8-10)17-7-6-16-11/h2-3,8,14H,1,4-7,9H2. The van der Waals surface area contributed by atoms with Crippen LogP contribution in [0.3, 0.4) is 0 Å². The van der Waals surface area contributed by atoms with Crippen LogP contribution in [-0.4, -0.2) is 31.5 Å². The van der Waals surface area contributed by atoms with Crippen molar-refractivity contribution in [2.24, 2.45) is 0 Å². The van der Waals surface area contributed by atoms with E-state index in [1.807, 2.05) is 18.2 Å². The van der Waals surface area contributed by atoms with E-state index in [0.717, 1.165) is 30.8 Å². The Morgan fingerprint density at radius 2 is 1.88 bits per heavy atom. The van der Waals surface area contributed by atoms with E-state index in [2.05, 4.69) is 0 Å². The largest absolute Gasteiger partial charge is 0.486 e. The van der Waals surface area contributed by atoms with Crippen LogP contribution in [0.5, 0.6) is 11.5 Å². The van der Waals surface area contributed by atoms with Crippen molar-refractivity contribution in [1.82, 2.24) is 0 Å².